The van der Waals surface area contributed by atoms with Crippen molar-refractivity contribution in [3.63, 3.8) is 0 Å². The summed E-state index contributed by atoms with van der Waals surface area (Å²) in [5.41, 5.74) is 0.869. The van der Waals surface area contributed by atoms with Crippen LogP contribution in [-0.4, -0.2) is 13.0 Å². The van der Waals surface area contributed by atoms with Crippen molar-refractivity contribution in [1.82, 2.24) is 0 Å². The molecule has 4 aliphatic carbocycles. The molecule has 1 aromatic rings. The smallest absolute Gasteiger partial charge is 0.230 e. The first-order valence-electron chi connectivity index (χ1n) is 8.90. The van der Waals surface area contributed by atoms with Gasteiger partial charge in [0.25, 0.3) is 0 Å². The van der Waals surface area contributed by atoms with Crippen LogP contribution in [0.25, 0.3) is 0 Å². The summed E-state index contributed by atoms with van der Waals surface area (Å²) in [4.78, 5) is 13.2. The van der Waals surface area contributed by atoms with Gasteiger partial charge in [-0.05, 0) is 67.4 Å². The van der Waals surface area contributed by atoms with Gasteiger partial charge >= 0.3 is 0 Å². The number of amides is 1. The molecule has 4 bridgehead atoms. The Morgan fingerprint density at radius 2 is 1.83 bits per heavy atom. The number of carbonyl (C=O) groups is 1. The molecule has 1 N–H and O–H groups in total. The lowest BCUT2D eigenvalue weighted by atomic mass is 9.40. The summed E-state index contributed by atoms with van der Waals surface area (Å²) in [6.45, 7) is 4.71. The van der Waals surface area contributed by atoms with Crippen molar-refractivity contribution >= 4 is 11.6 Å². The fraction of sp³-hybridized carbons (Fsp3) is 0.650. The van der Waals surface area contributed by atoms with Crippen molar-refractivity contribution in [1.29, 1.82) is 0 Å². The van der Waals surface area contributed by atoms with Gasteiger partial charge in [-0.25, -0.2) is 4.39 Å². The number of nitrogens with one attached hydrogen (secondary N) is 1. The number of ether oxygens (including phenoxy) is 1. The molecule has 24 heavy (non-hydrogen) atoms. The van der Waals surface area contributed by atoms with Crippen LogP contribution in [0.2, 0.25) is 0 Å². The van der Waals surface area contributed by atoms with Crippen LogP contribution in [0.1, 0.15) is 52.4 Å². The van der Waals surface area contributed by atoms with Crippen molar-refractivity contribution in [3.05, 3.63) is 24.0 Å². The van der Waals surface area contributed by atoms with E-state index in [2.05, 4.69) is 19.2 Å². The van der Waals surface area contributed by atoms with Gasteiger partial charge in [-0.15, -0.1) is 0 Å². The van der Waals surface area contributed by atoms with Gasteiger partial charge in [0.1, 0.15) is 11.6 Å². The summed E-state index contributed by atoms with van der Waals surface area (Å²) < 4.78 is 18.6. The second-order valence-corrected chi connectivity index (χ2v) is 9.21. The maximum atomic E-state index is 13.4. The molecule has 0 heterocycles. The average Bonchev–Trinajstić information content (AvgIpc) is 2.45. The quantitative estimate of drug-likeness (QED) is 0.866. The Morgan fingerprint density at radius 1 is 1.17 bits per heavy atom. The molecule has 4 aliphatic rings. The maximum Gasteiger partial charge on any atom is 0.230 e. The number of carbonyl (C=O) groups excluding carboxylic acids is 1. The Hall–Kier alpha value is -1.58. The molecule has 4 fully saturated rings. The number of halogens is 1. The van der Waals surface area contributed by atoms with E-state index >= 15 is 0 Å². The molecule has 0 spiro atoms. The van der Waals surface area contributed by atoms with Crippen LogP contribution < -0.4 is 10.1 Å². The van der Waals surface area contributed by atoms with Gasteiger partial charge in [0.15, 0.2) is 0 Å². The minimum absolute atomic E-state index is 0.0916. The predicted molar refractivity (Wildman–Crippen MR) is 91.4 cm³/mol. The fourth-order valence-electron chi connectivity index (χ4n) is 6.72. The molecule has 4 heteroatoms. The molecule has 2 atom stereocenters. The number of anilines is 1. The summed E-state index contributed by atoms with van der Waals surface area (Å²) in [5, 5.41) is 3.05. The zero-order valence-electron chi connectivity index (χ0n) is 14.7. The lowest BCUT2D eigenvalue weighted by molar-refractivity contribution is -0.165. The number of hydrogen-bond donors (Lipinski definition) is 1. The second kappa shape index (κ2) is 4.96. The summed E-state index contributed by atoms with van der Waals surface area (Å²) in [6.07, 6.45) is 6.71. The van der Waals surface area contributed by atoms with Crippen molar-refractivity contribution in [2.45, 2.75) is 52.4 Å². The summed E-state index contributed by atoms with van der Waals surface area (Å²) >= 11 is 0. The zero-order chi connectivity index (χ0) is 17.2. The molecular formula is C20H26FNO2. The topological polar surface area (TPSA) is 38.3 Å². The fourth-order valence-corrected chi connectivity index (χ4v) is 6.72. The summed E-state index contributed by atoms with van der Waals surface area (Å²) in [6, 6.07) is 4.27. The van der Waals surface area contributed by atoms with E-state index in [-0.39, 0.29) is 17.1 Å². The van der Waals surface area contributed by atoms with Crippen LogP contribution in [0.4, 0.5) is 10.1 Å². The maximum absolute atomic E-state index is 13.4. The van der Waals surface area contributed by atoms with Gasteiger partial charge in [-0.1, -0.05) is 13.8 Å². The van der Waals surface area contributed by atoms with Gasteiger partial charge in [0.2, 0.25) is 5.91 Å². The van der Waals surface area contributed by atoms with Crippen LogP contribution in [0.5, 0.6) is 5.75 Å². The third kappa shape index (κ3) is 2.42. The van der Waals surface area contributed by atoms with E-state index in [1.54, 1.807) is 6.07 Å². The average molecular weight is 331 g/mol. The third-order valence-electron chi connectivity index (χ3n) is 6.52. The lowest BCUT2D eigenvalue weighted by Gasteiger charge is -2.64. The molecule has 0 saturated heterocycles. The molecule has 0 aromatic heterocycles. The van der Waals surface area contributed by atoms with E-state index in [9.17, 15) is 9.18 Å². The highest BCUT2D eigenvalue weighted by Crippen LogP contribution is 2.69. The first-order chi connectivity index (χ1) is 11.2. The molecule has 1 amide bonds. The highest BCUT2D eigenvalue weighted by Gasteiger charge is 2.62. The second-order valence-electron chi connectivity index (χ2n) is 9.21. The molecule has 1 aromatic carbocycles. The monoisotopic (exact) mass is 331 g/mol. The summed E-state index contributed by atoms with van der Waals surface area (Å²) in [7, 11) is 1.50. The standard InChI is InChI=1S/C20H26FNO2/c1-18-7-13-8-19(2,10-18)12-20(9-13,11-18)17(23)22-15-5-4-14(21)6-16(15)24-3/h4-6,13H,7-12H2,1-3H3,(H,22,23). The van der Waals surface area contributed by atoms with E-state index in [1.165, 1.54) is 38.5 Å². The molecule has 2 unspecified atom stereocenters. The SMILES string of the molecule is COc1cc(F)ccc1NC(=O)C12CC3CC(C)(CC(C)(C3)C1)C2. The summed E-state index contributed by atoms with van der Waals surface area (Å²) in [5.74, 6) is 0.774. The zero-order valence-corrected chi connectivity index (χ0v) is 14.7. The Bertz CT molecular complexity index is 683. The molecule has 0 aliphatic heterocycles. The van der Waals surface area contributed by atoms with Gasteiger partial charge in [-0.2, -0.15) is 0 Å². The minimum Gasteiger partial charge on any atom is -0.494 e. The lowest BCUT2D eigenvalue weighted by Crippen LogP contribution is -2.58. The molecular weight excluding hydrogens is 305 g/mol. The van der Waals surface area contributed by atoms with Crippen molar-refractivity contribution < 1.29 is 13.9 Å². The van der Waals surface area contributed by atoms with Crippen molar-refractivity contribution in [2.24, 2.45) is 22.2 Å². The Kier molecular flexibility index (Phi) is 3.29. The highest BCUT2D eigenvalue weighted by molar-refractivity contribution is 5.97. The third-order valence-corrected chi connectivity index (χ3v) is 6.52. The van der Waals surface area contributed by atoms with E-state index in [0.717, 1.165) is 19.3 Å². The number of benzene rings is 1. The van der Waals surface area contributed by atoms with E-state index < -0.39 is 0 Å². The molecule has 3 nitrogen and oxygen atoms in total. The highest BCUT2D eigenvalue weighted by atomic mass is 19.1. The molecule has 130 valence electrons. The van der Waals surface area contributed by atoms with Crippen LogP contribution in [0, 0.1) is 28.0 Å². The van der Waals surface area contributed by atoms with Gasteiger partial charge in [-0.3, -0.25) is 4.79 Å². The van der Waals surface area contributed by atoms with E-state index in [0.29, 0.717) is 28.2 Å². The van der Waals surface area contributed by atoms with E-state index in [1.807, 2.05) is 0 Å². The van der Waals surface area contributed by atoms with Crippen molar-refractivity contribution in [3.8, 4) is 5.75 Å². The Balaban J connectivity index is 1.63. The molecule has 5 rings (SSSR count). The molecule has 4 saturated carbocycles. The van der Waals surface area contributed by atoms with Crippen LogP contribution >= 0.6 is 0 Å². The number of hydrogen-bond acceptors (Lipinski definition) is 2. The predicted octanol–water partition coefficient (Wildman–Crippen LogP) is 4.77. The first kappa shape index (κ1) is 15.9. The Labute approximate surface area is 143 Å². The van der Waals surface area contributed by atoms with Gasteiger partial charge in [0, 0.05) is 6.07 Å². The minimum atomic E-state index is -0.361. The normalized spacial score (nSPS) is 39.8. The van der Waals surface area contributed by atoms with Crippen LogP contribution in [0.15, 0.2) is 18.2 Å². The van der Waals surface area contributed by atoms with E-state index in [4.69, 9.17) is 4.74 Å². The van der Waals surface area contributed by atoms with Crippen LogP contribution in [0.3, 0.4) is 0 Å². The van der Waals surface area contributed by atoms with Crippen molar-refractivity contribution in [2.75, 3.05) is 12.4 Å². The van der Waals surface area contributed by atoms with Gasteiger partial charge < -0.3 is 10.1 Å². The van der Waals surface area contributed by atoms with Gasteiger partial charge in [0.05, 0.1) is 18.2 Å². The Morgan fingerprint density at radius 3 is 2.42 bits per heavy atom. The number of rotatable bonds is 3. The first-order valence-corrected chi connectivity index (χ1v) is 8.90. The number of methoxy groups -OCH3 is 1. The van der Waals surface area contributed by atoms with Crippen LogP contribution in [-0.2, 0) is 4.79 Å². The largest absolute Gasteiger partial charge is 0.494 e. The molecule has 0 radical (unpaired) electrons.